The summed E-state index contributed by atoms with van der Waals surface area (Å²) in [5.74, 6) is 1.37. The molecule has 1 unspecified atom stereocenters. The van der Waals surface area contributed by atoms with Gasteiger partial charge in [0.05, 0.1) is 23.1 Å². The predicted molar refractivity (Wildman–Crippen MR) is 112 cm³/mol. The first-order chi connectivity index (χ1) is 13.5. The largest absolute Gasteiger partial charge is 0.360 e. The first-order valence-corrected chi connectivity index (χ1v) is 10.2. The Kier molecular flexibility index (Phi) is 6.90. The van der Waals surface area contributed by atoms with Crippen LogP contribution in [0.3, 0.4) is 0 Å². The molecule has 146 valence electrons. The SMILES string of the molecule is Cc1cc(CSc2ccccc2C(=O)NCC(c2ccccc2)N(C)C)on1. The number of hydrogen-bond acceptors (Lipinski definition) is 5. The third-order valence-electron chi connectivity index (χ3n) is 4.44. The molecule has 0 fully saturated rings. The van der Waals surface area contributed by atoms with Gasteiger partial charge in [-0.05, 0) is 38.7 Å². The van der Waals surface area contributed by atoms with Gasteiger partial charge in [0.15, 0.2) is 0 Å². The summed E-state index contributed by atoms with van der Waals surface area (Å²) in [4.78, 5) is 15.9. The third kappa shape index (κ3) is 5.24. The van der Waals surface area contributed by atoms with Crippen LogP contribution in [0.15, 0.2) is 70.1 Å². The molecule has 1 aromatic heterocycles. The molecule has 6 heteroatoms. The van der Waals surface area contributed by atoms with Gasteiger partial charge in [-0.15, -0.1) is 11.8 Å². The zero-order valence-electron chi connectivity index (χ0n) is 16.4. The number of aryl methyl sites for hydroxylation is 1. The highest BCUT2D eigenvalue weighted by Gasteiger charge is 2.17. The van der Waals surface area contributed by atoms with Crippen LogP contribution in [0, 0.1) is 6.92 Å². The van der Waals surface area contributed by atoms with Crippen LogP contribution in [-0.4, -0.2) is 36.6 Å². The molecule has 0 saturated heterocycles. The molecule has 0 aliphatic rings. The zero-order valence-corrected chi connectivity index (χ0v) is 17.2. The number of hydrogen-bond donors (Lipinski definition) is 1. The number of aromatic nitrogens is 1. The van der Waals surface area contributed by atoms with Crippen LogP contribution < -0.4 is 5.32 Å². The Hall–Kier alpha value is -2.57. The minimum absolute atomic E-state index is 0.0698. The van der Waals surface area contributed by atoms with Crippen molar-refractivity contribution < 1.29 is 9.32 Å². The number of amides is 1. The van der Waals surface area contributed by atoms with Crippen LogP contribution in [0.25, 0.3) is 0 Å². The molecule has 0 aliphatic heterocycles. The molecule has 3 rings (SSSR count). The second kappa shape index (κ2) is 9.57. The van der Waals surface area contributed by atoms with Gasteiger partial charge in [-0.1, -0.05) is 47.6 Å². The molecule has 0 spiro atoms. The minimum Gasteiger partial charge on any atom is -0.360 e. The molecule has 2 aromatic carbocycles. The Morgan fingerprint density at radius 1 is 1.14 bits per heavy atom. The monoisotopic (exact) mass is 395 g/mol. The van der Waals surface area contributed by atoms with E-state index < -0.39 is 0 Å². The van der Waals surface area contributed by atoms with E-state index in [0.29, 0.717) is 17.9 Å². The summed E-state index contributed by atoms with van der Waals surface area (Å²) in [6, 6.07) is 19.9. The zero-order chi connectivity index (χ0) is 19.9. The van der Waals surface area contributed by atoms with E-state index >= 15 is 0 Å². The van der Waals surface area contributed by atoms with Crippen molar-refractivity contribution in [1.29, 1.82) is 0 Å². The molecule has 0 aliphatic carbocycles. The van der Waals surface area contributed by atoms with Gasteiger partial charge >= 0.3 is 0 Å². The number of thioether (sulfide) groups is 1. The van der Waals surface area contributed by atoms with Crippen LogP contribution in [0.2, 0.25) is 0 Å². The average Bonchev–Trinajstić information content (AvgIpc) is 3.12. The van der Waals surface area contributed by atoms with Crippen molar-refractivity contribution in [2.75, 3.05) is 20.6 Å². The van der Waals surface area contributed by atoms with E-state index in [1.165, 1.54) is 5.56 Å². The summed E-state index contributed by atoms with van der Waals surface area (Å²) in [6.45, 7) is 2.43. The lowest BCUT2D eigenvalue weighted by molar-refractivity contribution is 0.0939. The Morgan fingerprint density at radius 3 is 2.54 bits per heavy atom. The Labute approximate surface area is 170 Å². The number of carbonyl (C=O) groups is 1. The summed E-state index contributed by atoms with van der Waals surface area (Å²) in [6.07, 6.45) is 0. The standard InChI is InChI=1S/C22H25N3O2S/c1-16-13-18(27-24-16)15-28-21-12-8-7-11-19(21)22(26)23-14-20(25(2)3)17-9-5-4-6-10-17/h4-13,20H,14-15H2,1-3H3,(H,23,26). The second-order valence-electron chi connectivity index (χ2n) is 6.82. The fraction of sp³-hybridized carbons (Fsp3) is 0.273. The van der Waals surface area contributed by atoms with Gasteiger partial charge in [0.2, 0.25) is 0 Å². The lowest BCUT2D eigenvalue weighted by atomic mass is 10.1. The van der Waals surface area contributed by atoms with Gasteiger partial charge in [-0.2, -0.15) is 0 Å². The molecule has 5 nitrogen and oxygen atoms in total. The number of benzene rings is 2. The Morgan fingerprint density at radius 2 is 1.86 bits per heavy atom. The van der Waals surface area contributed by atoms with E-state index in [9.17, 15) is 4.79 Å². The number of rotatable bonds is 8. The van der Waals surface area contributed by atoms with Crippen molar-refractivity contribution in [2.24, 2.45) is 0 Å². The highest BCUT2D eigenvalue weighted by Crippen LogP contribution is 2.27. The van der Waals surface area contributed by atoms with Crippen LogP contribution in [0.5, 0.6) is 0 Å². The quantitative estimate of drug-likeness (QED) is 0.576. The van der Waals surface area contributed by atoms with Crippen molar-refractivity contribution in [1.82, 2.24) is 15.4 Å². The second-order valence-corrected chi connectivity index (χ2v) is 7.84. The first kappa shape index (κ1) is 20.2. The summed E-state index contributed by atoms with van der Waals surface area (Å²) < 4.78 is 5.26. The fourth-order valence-corrected chi connectivity index (χ4v) is 3.90. The molecule has 28 heavy (non-hydrogen) atoms. The van der Waals surface area contributed by atoms with Crippen LogP contribution in [0.1, 0.15) is 33.4 Å². The molecule has 0 saturated carbocycles. The summed E-state index contributed by atoms with van der Waals surface area (Å²) in [5, 5.41) is 7.00. The highest BCUT2D eigenvalue weighted by atomic mass is 32.2. The third-order valence-corrected chi connectivity index (χ3v) is 5.54. The molecule has 0 radical (unpaired) electrons. The number of carbonyl (C=O) groups excluding carboxylic acids is 1. The lowest BCUT2D eigenvalue weighted by Crippen LogP contribution is -2.34. The molecule has 1 heterocycles. The van der Waals surface area contributed by atoms with Gasteiger partial charge in [-0.25, -0.2) is 0 Å². The predicted octanol–water partition coefficient (Wildman–Crippen LogP) is 4.31. The van der Waals surface area contributed by atoms with Gasteiger partial charge < -0.3 is 14.7 Å². The molecule has 1 N–H and O–H groups in total. The Balaban J connectivity index is 1.66. The van der Waals surface area contributed by atoms with Crippen molar-refractivity contribution in [3.8, 4) is 0 Å². The maximum absolute atomic E-state index is 12.9. The fourth-order valence-electron chi connectivity index (χ4n) is 2.97. The molecule has 1 atom stereocenters. The van der Waals surface area contributed by atoms with E-state index in [-0.39, 0.29) is 11.9 Å². The maximum Gasteiger partial charge on any atom is 0.252 e. The van der Waals surface area contributed by atoms with E-state index in [4.69, 9.17) is 4.52 Å². The van der Waals surface area contributed by atoms with Gasteiger partial charge in [-0.3, -0.25) is 4.79 Å². The summed E-state index contributed by atoms with van der Waals surface area (Å²) in [5.41, 5.74) is 2.71. The highest BCUT2D eigenvalue weighted by molar-refractivity contribution is 7.98. The smallest absolute Gasteiger partial charge is 0.252 e. The number of nitrogens with one attached hydrogen (secondary N) is 1. The molecule has 0 bridgehead atoms. The van der Waals surface area contributed by atoms with Crippen LogP contribution in [-0.2, 0) is 5.75 Å². The van der Waals surface area contributed by atoms with Crippen molar-refractivity contribution in [3.63, 3.8) is 0 Å². The molecule has 1 amide bonds. The van der Waals surface area contributed by atoms with Crippen molar-refractivity contribution in [3.05, 3.63) is 83.2 Å². The average molecular weight is 396 g/mol. The molecule has 3 aromatic rings. The van der Waals surface area contributed by atoms with E-state index in [2.05, 4.69) is 27.5 Å². The van der Waals surface area contributed by atoms with Gasteiger partial charge in [0.1, 0.15) is 5.76 Å². The first-order valence-electron chi connectivity index (χ1n) is 9.18. The molecular formula is C22H25N3O2S. The van der Waals surface area contributed by atoms with Gasteiger partial charge in [0.25, 0.3) is 5.91 Å². The van der Waals surface area contributed by atoms with Crippen LogP contribution in [0.4, 0.5) is 0 Å². The number of likely N-dealkylation sites (N-methyl/N-ethyl adjacent to an activating group) is 1. The summed E-state index contributed by atoms with van der Waals surface area (Å²) >= 11 is 1.57. The lowest BCUT2D eigenvalue weighted by Gasteiger charge is -2.25. The van der Waals surface area contributed by atoms with Crippen molar-refractivity contribution in [2.45, 2.75) is 23.6 Å². The Bertz CT molecular complexity index is 909. The maximum atomic E-state index is 12.9. The summed E-state index contributed by atoms with van der Waals surface area (Å²) in [7, 11) is 4.04. The normalized spacial score (nSPS) is 12.1. The van der Waals surface area contributed by atoms with Crippen LogP contribution >= 0.6 is 11.8 Å². The van der Waals surface area contributed by atoms with Gasteiger partial charge in [0, 0.05) is 17.5 Å². The van der Waals surface area contributed by atoms with E-state index in [0.717, 1.165) is 16.3 Å². The molecular weight excluding hydrogens is 370 g/mol. The van der Waals surface area contributed by atoms with E-state index in [1.807, 2.05) is 69.6 Å². The minimum atomic E-state index is -0.0698. The van der Waals surface area contributed by atoms with Crippen molar-refractivity contribution >= 4 is 17.7 Å². The number of nitrogens with zero attached hydrogens (tertiary/aromatic N) is 2. The van der Waals surface area contributed by atoms with E-state index in [1.54, 1.807) is 11.8 Å². The topological polar surface area (TPSA) is 58.4 Å².